The van der Waals surface area contributed by atoms with E-state index in [0.717, 1.165) is 32.7 Å². The molecule has 0 aliphatic carbocycles. The van der Waals surface area contributed by atoms with Crippen LogP contribution in [-0.2, 0) is 20.1 Å². The van der Waals surface area contributed by atoms with E-state index in [1.54, 1.807) is 0 Å². The van der Waals surface area contributed by atoms with Crippen molar-refractivity contribution in [3.05, 3.63) is 33.5 Å². The molecule has 22 heavy (non-hydrogen) atoms. The zero-order valence-corrected chi connectivity index (χ0v) is 14.7. The summed E-state index contributed by atoms with van der Waals surface area (Å²) in [6.07, 6.45) is 4.09. The van der Waals surface area contributed by atoms with Gasteiger partial charge in [0.05, 0.1) is 16.9 Å². The predicted molar refractivity (Wildman–Crippen MR) is 89.9 cm³/mol. The fraction of sp³-hybridized carbons (Fsp3) is 0.625. The summed E-state index contributed by atoms with van der Waals surface area (Å²) in [4.78, 5) is 11.1. The van der Waals surface area contributed by atoms with E-state index in [0.29, 0.717) is 6.04 Å². The van der Waals surface area contributed by atoms with Crippen LogP contribution in [0, 0.1) is 13.8 Å². The Hall–Kier alpha value is -1.24. The van der Waals surface area contributed by atoms with Crippen molar-refractivity contribution in [3.8, 4) is 0 Å². The SMILES string of the molecule is Cc1nc(C)c(CN2CCN(Cc3cnn(C)c3)C(C)C2)s1. The number of nitrogens with zero attached hydrogens (tertiary/aromatic N) is 5. The van der Waals surface area contributed by atoms with E-state index in [4.69, 9.17) is 0 Å². The zero-order valence-electron chi connectivity index (χ0n) is 13.9. The van der Waals surface area contributed by atoms with Gasteiger partial charge < -0.3 is 0 Å². The maximum Gasteiger partial charge on any atom is 0.0900 e. The Morgan fingerprint density at radius 2 is 2.09 bits per heavy atom. The topological polar surface area (TPSA) is 37.2 Å². The Morgan fingerprint density at radius 1 is 1.27 bits per heavy atom. The van der Waals surface area contributed by atoms with Crippen molar-refractivity contribution in [2.45, 2.75) is 39.9 Å². The molecule has 1 atom stereocenters. The summed E-state index contributed by atoms with van der Waals surface area (Å²) in [5.41, 5.74) is 2.50. The van der Waals surface area contributed by atoms with Crippen molar-refractivity contribution >= 4 is 11.3 Å². The lowest BCUT2D eigenvalue weighted by Gasteiger charge is -2.39. The molecule has 5 nitrogen and oxygen atoms in total. The van der Waals surface area contributed by atoms with Crippen LogP contribution in [-0.4, -0.2) is 50.2 Å². The number of hydrogen-bond acceptors (Lipinski definition) is 5. The Morgan fingerprint density at radius 3 is 2.68 bits per heavy atom. The molecule has 0 amide bonds. The Kier molecular flexibility index (Phi) is 4.61. The molecule has 3 rings (SSSR count). The molecule has 1 aliphatic heterocycles. The molecule has 2 aromatic rings. The van der Waals surface area contributed by atoms with Gasteiger partial charge in [-0.2, -0.15) is 5.10 Å². The molecule has 1 fully saturated rings. The average Bonchev–Trinajstić information content (AvgIpc) is 2.99. The molecule has 0 bridgehead atoms. The average molecular weight is 319 g/mol. The summed E-state index contributed by atoms with van der Waals surface area (Å²) < 4.78 is 1.88. The largest absolute Gasteiger partial charge is 0.295 e. The lowest BCUT2D eigenvalue weighted by atomic mass is 10.1. The standard InChI is InChI=1S/C16H25N5S/c1-12-8-20(11-16-13(2)18-14(3)22-16)5-6-21(12)10-15-7-17-19(4)9-15/h7,9,12H,5-6,8,10-11H2,1-4H3. The van der Waals surface area contributed by atoms with Gasteiger partial charge in [0, 0.05) is 62.5 Å². The van der Waals surface area contributed by atoms with Gasteiger partial charge in [-0.1, -0.05) is 0 Å². The fourth-order valence-electron chi connectivity index (χ4n) is 3.16. The number of rotatable bonds is 4. The lowest BCUT2D eigenvalue weighted by Crippen LogP contribution is -2.50. The van der Waals surface area contributed by atoms with Crippen LogP contribution in [0.25, 0.3) is 0 Å². The van der Waals surface area contributed by atoms with Crippen molar-refractivity contribution in [2.75, 3.05) is 19.6 Å². The Labute approximate surface area is 136 Å². The number of hydrogen-bond donors (Lipinski definition) is 0. The van der Waals surface area contributed by atoms with E-state index in [-0.39, 0.29) is 0 Å². The Balaban J connectivity index is 1.56. The van der Waals surface area contributed by atoms with Gasteiger partial charge in [0.25, 0.3) is 0 Å². The first-order chi connectivity index (χ1) is 10.5. The van der Waals surface area contributed by atoms with E-state index in [1.165, 1.54) is 21.1 Å². The molecule has 6 heteroatoms. The molecular weight excluding hydrogens is 294 g/mol. The lowest BCUT2D eigenvalue weighted by molar-refractivity contribution is 0.0737. The van der Waals surface area contributed by atoms with Gasteiger partial charge >= 0.3 is 0 Å². The van der Waals surface area contributed by atoms with Gasteiger partial charge in [-0.3, -0.25) is 14.5 Å². The van der Waals surface area contributed by atoms with Crippen molar-refractivity contribution < 1.29 is 0 Å². The maximum atomic E-state index is 4.54. The predicted octanol–water partition coefficient (Wildman–Crippen LogP) is 2.20. The van der Waals surface area contributed by atoms with Crippen LogP contribution in [0.3, 0.4) is 0 Å². The van der Waals surface area contributed by atoms with Crippen molar-refractivity contribution in [3.63, 3.8) is 0 Å². The normalized spacial score (nSPS) is 20.6. The summed E-state index contributed by atoms with van der Waals surface area (Å²) in [7, 11) is 1.98. The summed E-state index contributed by atoms with van der Waals surface area (Å²) >= 11 is 1.84. The molecule has 1 saturated heterocycles. The van der Waals surface area contributed by atoms with Crippen LogP contribution in [0.4, 0.5) is 0 Å². The third kappa shape index (κ3) is 3.56. The highest BCUT2D eigenvalue weighted by Gasteiger charge is 2.24. The number of piperazine rings is 1. The number of aryl methyl sites for hydroxylation is 3. The molecule has 0 radical (unpaired) electrons. The molecule has 0 N–H and O–H groups in total. The monoisotopic (exact) mass is 319 g/mol. The molecule has 1 unspecified atom stereocenters. The minimum Gasteiger partial charge on any atom is -0.295 e. The highest BCUT2D eigenvalue weighted by Crippen LogP contribution is 2.21. The van der Waals surface area contributed by atoms with Gasteiger partial charge in [-0.25, -0.2) is 4.98 Å². The Bertz CT molecular complexity index is 632. The third-order valence-electron chi connectivity index (χ3n) is 4.36. The molecule has 0 spiro atoms. The van der Waals surface area contributed by atoms with E-state index in [2.05, 4.69) is 46.9 Å². The van der Waals surface area contributed by atoms with E-state index in [9.17, 15) is 0 Å². The summed E-state index contributed by atoms with van der Waals surface area (Å²) in [5.74, 6) is 0. The molecule has 120 valence electrons. The minimum absolute atomic E-state index is 0.572. The molecule has 3 heterocycles. The first-order valence-electron chi connectivity index (χ1n) is 7.88. The van der Waals surface area contributed by atoms with E-state index in [1.807, 2.05) is 29.3 Å². The van der Waals surface area contributed by atoms with Gasteiger partial charge in [-0.15, -0.1) is 11.3 Å². The molecular formula is C16H25N5S. The first kappa shape index (κ1) is 15.6. The van der Waals surface area contributed by atoms with Crippen molar-refractivity contribution in [1.82, 2.24) is 24.6 Å². The molecule has 1 aliphatic rings. The number of aromatic nitrogens is 3. The quantitative estimate of drug-likeness (QED) is 0.866. The second kappa shape index (κ2) is 6.48. The molecule has 0 aromatic carbocycles. The summed E-state index contributed by atoms with van der Waals surface area (Å²) in [6, 6.07) is 0.572. The maximum absolute atomic E-state index is 4.54. The smallest absolute Gasteiger partial charge is 0.0900 e. The van der Waals surface area contributed by atoms with Gasteiger partial charge in [0.2, 0.25) is 0 Å². The van der Waals surface area contributed by atoms with Gasteiger partial charge in [-0.05, 0) is 20.8 Å². The second-order valence-electron chi connectivity index (χ2n) is 6.32. The van der Waals surface area contributed by atoms with Gasteiger partial charge in [0.1, 0.15) is 0 Å². The van der Waals surface area contributed by atoms with Crippen LogP contribution in [0.5, 0.6) is 0 Å². The highest BCUT2D eigenvalue weighted by molar-refractivity contribution is 7.11. The van der Waals surface area contributed by atoms with Crippen LogP contribution in [0.2, 0.25) is 0 Å². The fourth-order valence-corrected chi connectivity index (χ4v) is 4.14. The van der Waals surface area contributed by atoms with Crippen LogP contribution >= 0.6 is 11.3 Å². The third-order valence-corrected chi connectivity index (χ3v) is 5.42. The molecule has 2 aromatic heterocycles. The van der Waals surface area contributed by atoms with Crippen LogP contribution in [0.15, 0.2) is 12.4 Å². The molecule has 0 saturated carbocycles. The van der Waals surface area contributed by atoms with Crippen molar-refractivity contribution in [1.29, 1.82) is 0 Å². The minimum atomic E-state index is 0.572. The zero-order chi connectivity index (χ0) is 15.7. The number of thiazole rings is 1. The van der Waals surface area contributed by atoms with Crippen LogP contribution < -0.4 is 0 Å². The van der Waals surface area contributed by atoms with Crippen LogP contribution in [0.1, 0.15) is 28.1 Å². The summed E-state index contributed by atoms with van der Waals surface area (Å²) in [5, 5.41) is 5.44. The van der Waals surface area contributed by atoms with Gasteiger partial charge in [0.15, 0.2) is 0 Å². The van der Waals surface area contributed by atoms with Crippen molar-refractivity contribution in [2.24, 2.45) is 7.05 Å². The highest BCUT2D eigenvalue weighted by atomic mass is 32.1. The van der Waals surface area contributed by atoms with E-state index >= 15 is 0 Å². The first-order valence-corrected chi connectivity index (χ1v) is 8.69. The second-order valence-corrected chi connectivity index (χ2v) is 7.61. The summed E-state index contributed by atoms with van der Waals surface area (Å²) in [6.45, 7) is 12.0. The van der Waals surface area contributed by atoms with E-state index < -0.39 is 0 Å².